The van der Waals surface area contributed by atoms with Crippen molar-refractivity contribution in [3.63, 3.8) is 0 Å². The van der Waals surface area contributed by atoms with E-state index < -0.39 is 25.1 Å². The molecule has 25 heavy (non-hydrogen) atoms. The number of unbranched alkanes of at least 4 members (excludes halogenated alkanes) is 1. The van der Waals surface area contributed by atoms with Gasteiger partial charge in [0, 0.05) is 0 Å². The second-order valence-electron chi connectivity index (χ2n) is 6.81. The van der Waals surface area contributed by atoms with Gasteiger partial charge in [-0.05, 0) is 36.7 Å². The molecule has 0 aliphatic carbocycles. The molecule has 6 nitrogen and oxygen atoms in total. The molecule has 0 saturated carbocycles. The number of ether oxygens (including phenoxy) is 1. The van der Waals surface area contributed by atoms with Crippen molar-refractivity contribution in [2.24, 2.45) is 0 Å². The van der Waals surface area contributed by atoms with Crippen LogP contribution in [0.1, 0.15) is 52.3 Å². The van der Waals surface area contributed by atoms with Gasteiger partial charge < -0.3 is 18.8 Å². The molecule has 1 aliphatic rings. The fourth-order valence-corrected chi connectivity index (χ4v) is 6.33. The van der Waals surface area contributed by atoms with E-state index in [1.54, 1.807) is 12.1 Å². The van der Waals surface area contributed by atoms with Crippen LogP contribution in [0.3, 0.4) is 0 Å². The Morgan fingerprint density at radius 2 is 2.00 bits per heavy atom. The number of carbonyl (C=O) groups is 1. The number of hydrogen-bond acceptors (Lipinski definition) is 5. The molecule has 3 atom stereocenters. The zero-order valence-corrected chi connectivity index (χ0v) is 16.8. The lowest BCUT2D eigenvalue weighted by Crippen LogP contribution is -2.69. The van der Waals surface area contributed by atoms with Gasteiger partial charge in [0.15, 0.2) is 26.2 Å². The quantitative estimate of drug-likeness (QED) is 0.266. The van der Waals surface area contributed by atoms with Crippen molar-refractivity contribution in [3.8, 4) is 0 Å². The lowest BCUT2D eigenvalue weighted by molar-refractivity contribution is -0.897. The van der Waals surface area contributed by atoms with Crippen LogP contribution in [0.15, 0.2) is 22.8 Å². The van der Waals surface area contributed by atoms with E-state index in [2.05, 4.69) is 20.8 Å². The topological polar surface area (TPSA) is 71.7 Å². The zero-order chi connectivity index (χ0) is 18.5. The highest BCUT2D eigenvalue weighted by atomic mass is 28.4. The van der Waals surface area contributed by atoms with E-state index in [0.717, 1.165) is 31.0 Å². The van der Waals surface area contributed by atoms with Gasteiger partial charge in [0.1, 0.15) is 6.54 Å². The monoisotopic (exact) mass is 369 g/mol. The first-order valence-electron chi connectivity index (χ1n) is 9.43. The van der Waals surface area contributed by atoms with Gasteiger partial charge in [-0.25, -0.2) is 4.65 Å². The number of nitrogens with zero attached hydrogens (tertiary/aromatic N) is 1. The maximum absolute atomic E-state index is 13.2. The summed E-state index contributed by atoms with van der Waals surface area (Å²) in [5.41, 5.74) is 0. The molecule has 1 amide bonds. The zero-order valence-electron chi connectivity index (χ0n) is 15.8. The second-order valence-corrected chi connectivity index (χ2v) is 11.5. The minimum absolute atomic E-state index is 0.102. The minimum Gasteiger partial charge on any atom is -0.622 e. The van der Waals surface area contributed by atoms with Crippen molar-refractivity contribution >= 4 is 14.4 Å². The van der Waals surface area contributed by atoms with Crippen LogP contribution in [0.25, 0.3) is 0 Å². The fourth-order valence-electron chi connectivity index (χ4n) is 3.48. The van der Waals surface area contributed by atoms with Crippen molar-refractivity contribution in [1.29, 1.82) is 0 Å². The van der Waals surface area contributed by atoms with Crippen molar-refractivity contribution in [1.82, 2.24) is 0 Å². The van der Waals surface area contributed by atoms with Crippen molar-refractivity contribution < 1.29 is 23.0 Å². The van der Waals surface area contributed by atoms with Gasteiger partial charge in [0.2, 0.25) is 0 Å². The molecule has 1 fully saturated rings. The third kappa shape index (κ3) is 4.00. The van der Waals surface area contributed by atoms with Gasteiger partial charge in [0.05, 0.1) is 12.9 Å². The van der Waals surface area contributed by atoms with Crippen molar-refractivity contribution in [2.75, 3.05) is 13.2 Å². The molecule has 142 valence electrons. The van der Waals surface area contributed by atoms with E-state index in [4.69, 9.17) is 13.6 Å². The Bertz CT molecular complexity index is 537. The van der Waals surface area contributed by atoms with Crippen LogP contribution in [-0.4, -0.2) is 38.3 Å². The van der Waals surface area contributed by atoms with E-state index in [-0.39, 0.29) is 19.3 Å². The van der Waals surface area contributed by atoms with E-state index in [0.29, 0.717) is 5.76 Å². The first kappa shape index (κ1) is 20.2. The average Bonchev–Trinajstić information content (AvgIpc) is 3.12. The summed E-state index contributed by atoms with van der Waals surface area (Å²) < 4.78 is 16.1. The summed E-state index contributed by atoms with van der Waals surface area (Å²) in [6.07, 6.45) is 2.19. The lowest BCUT2D eigenvalue weighted by Gasteiger charge is -2.56. The molecule has 0 N–H and O–H groups in total. The first-order valence-corrected chi connectivity index (χ1v) is 12.0. The summed E-state index contributed by atoms with van der Waals surface area (Å²) in [5, 5.41) is 13.2. The van der Waals surface area contributed by atoms with Crippen LogP contribution in [0, 0.1) is 5.21 Å². The Kier molecular flexibility index (Phi) is 6.84. The number of furan rings is 1. The van der Waals surface area contributed by atoms with E-state index >= 15 is 0 Å². The number of hydrogen-bond donors (Lipinski definition) is 0. The van der Waals surface area contributed by atoms with E-state index in [1.807, 2.05) is 6.92 Å². The second kappa shape index (κ2) is 8.49. The Morgan fingerprint density at radius 3 is 2.52 bits per heavy atom. The molecular formula is C18H31NO5Si. The standard InChI is InChI=1S/C18H31NO5Si/c1-5-9-12-23-18(20)19(21)14-16(17(19)15-11-10-13-22-15)24-25(6-2,7-3)8-4/h10-11,13,16-17H,5-9,12,14H2,1-4H3. The lowest BCUT2D eigenvalue weighted by atomic mass is 9.96. The molecule has 1 aromatic heterocycles. The van der Waals surface area contributed by atoms with Gasteiger partial charge in [-0.15, -0.1) is 0 Å². The first-order chi connectivity index (χ1) is 12.0. The molecular weight excluding hydrogens is 338 g/mol. The molecule has 2 heterocycles. The van der Waals surface area contributed by atoms with Crippen LogP contribution >= 0.6 is 0 Å². The maximum Gasteiger partial charge on any atom is 0.516 e. The molecule has 7 heteroatoms. The highest BCUT2D eigenvalue weighted by Gasteiger charge is 2.59. The number of carbonyl (C=O) groups excluding carboxylic acids is 1. The van der Waals surface area contributed by atoms with Gasteiger partial charge in [-0.2, -0.15) is 4.79 Å². The van der Waals surface area contributed by atoms with E-state index in [1.165, 1.54) is 6.26 Å². The summed E-state index contributed by atoms with van der Waals surface area (Å²) >= 11 is 0. The fraction of sp³-hybridized carbons (Fsp3) is 0.722. The number of likely N-dealkylation sites (tertiary alicyclic amines) is 1. The minimum atomic E-state index is -1.88. The van der Waals surface area contributed by atoms with Crippen LogP contribution < -0.4 is 0 Å². The molecule has 2 rings (SSSR count). The predicted molar refractivity (Wildman–Crippen MR) is 98.3 cm³/mol. The molecule has 0 bridgehead atoms. The Hall–Kier alpha value is -1.15. The smallest absolute Gasteiger partial charge is 0.516 e. The Labute approximate surface area is 151 Å². The summed E-state index contributed by atoms with van der Waals surface area (Å²) in [6, 6.07) is 5.82. The highest BCUT2D eigenvalue weighted by molar-refractivity contribution is 6.73. The molecule has 1 aliphatic heterocycles. The molecule has 1 saturated heterocycles. The van der Waals surface area contributed by atoms with Crippen molar-refractivity contribution in [3.05, 3.63) is 29.4 Å². The molecule has 0 radical (unpaired) electrons. The molecule has 0 spiro atoms. The summed E-state index contributed by atoms with van der Waals surface area (Å²) in [6.45, 7) is 8.85. The van der Waals surface area contributed by atoms with Crippen molar-refractivity contribution in [2.45, 2.75) is 70.8 Å². The van der Waals surface area contributed by atoms with Gasteiger partial charge in [0.25, 0.3) is 0 Å². The third-order valence-electron chi connectivity index (χ3n) is 5.45. The number of quaternary nitrogens is 1. The highest BCUT2D eigenvalue weighted by Crippen LogP contribution is 2.45. The largest absolute Gasteiger partial charge is 0.622 e. The van der Waals surface area contributed by atoms with Gasteiger partial charge in [-0.1, -0.05) is 34.1 Å². The summed E-state index contributed by atoms with van der Waals surface area (Å²) in [4.78, 5) is 12.4. The number of hydroxylamine groups is 3. The van der Waals surface area contributed by atoms with Crippen LogP contribution in [0.2, 0.25) is 18.1 Å². The number of rotatable bonds is 9. The molecule has 3 unspecified atom stereocenters. The summed E-state index contributed by atoms with van der Waals surface area (Å²) in [5.74, 6) is 0.505. The van der Waals surface area contributed by atoms with Crippen LogP contribution in [0.5, 0.6) is 0 Å². The van der Waals surface area contributed by atoms with Crippen LogP contribution in [0.4, 0.5) is 4.79 Å². The average molecular weight is 370 g/mol. The normalized spacial score (nSPS) is 26.3. The summed E-state index contributed by atoms with van der Waals surface area (Å²) in [7, 11) is -1.88. The molecule has 1 aromatic rings. The predicted octanol–water partition coefficient (Wildman–Crippen LogP) is 4.98. The third-order valence-corrected chi connectivity index (χ3v) is 10.1. The Morgan fingerprint density at radius 1 is 1.32 bits per heavy atom. The van der Waals surface area contributed by atoms with Gasteiger partial charge in [-0.3, -0.25) is 0 Å². The Balaban J connectivity index is 2.17. The number of amides is 1. The van der Waals surface area contributed by atoms with E-state index in [9.17, 15) is 10.0 Å². The SMILES string of the molecule is CCCCOC(=O)[N+]1([O-])CC(O[Si](CC)(CC)CC)C1c1ccco1. The molecule has 0 aromatic carbocycles. The van der Waals surface area contributed by atoms with Gasteiger partial charge >= 0.3 is 6.09 Å². The van der Waals surface area contributed by atoms with Crippen LogP contribution in [-0.2, 0) is 9.16 Å². The maximum atomic E-state index is 13.2.